The average Bonchev–Trinajstić information content (AvgIpc) is 1.88. The van der Waals surface area contributed by atoms with Gasteiger partial charge in [0.1, 0.15) is 0 Å². The second-order valence-electron chi connectivity index (χ2n) is 2.88. The van der Waals surface area contributed by atoms with E-state index in [9.17, 15) is 0 Å². The molecule has 0 aliphatic heterocycles. The molecule has 1 aliphatic carbocycles. The van der Waals surface area contributed by atoms with Crippen LogP contribution in [-0.2, 0) is 0 Å². The van der Waals surface area contributed by atoms with Gasteiger partial charge in [-0.15, -0.1) is 0 Å². The third kappa shape index (κ3) is 2.26. The number of allylic oxidation sites excluding steroid dienone is 3. The molecule has 0 spiro atoms. The molecule has 1 N–H and O–H groups in total. The first kappa shape index (κ1) is 7.39. The van der Waals surface area contributed by atoms with Crippen molar-refractivity contribution in [3.63, 3.8) is 0 Å². The van der Waals surface area contributed by atoms with Crippen molar-refractivity contribution in [3.8, 4) is 0 Å². The highest BCUT2D eigenvalue weighted by Crippen LogP contribution is 2.15. The molecule has 0 unspecified atom stereocenters. The van der Waals surface area contributed by atoms with E-state index in [1.165, 1.54) is 31.4 Å². The predicted molar refractivity (Wildman–Crippen MR) is 44.5 cm³/mol. The minimum Gasteiger partial charge on any atom is -0.363 e. The molecular formula is C9H15N. The van der Waals surface area contributed by atoms with Crippen LogP contribution in [0.1, 0.15) is 32.6 Å². The van der Waals surface area contributed by atoms with Gasteiger partial charge in [0.25, 0.3) is 0 Å². The number of hydrogen-bond donors (Lipinski definition) is 1. The van der Waals surface area contributed by atoms with Crippen LogP contribution in [0.15, 0.2) is 24.0 Å². The summed E-state index contributed by atoms with van der Waals surface area (Å²) in [6.45, 7) is 5.79. The fourth-order valence-corrected chi connectivity index (χ4v) is 1.23. The van der Waals surface area contributed by atoms with Crippen molar-refractivity contribution < 1.29 is 0 Å². The number of hydrogen-bond acceptors (Lipinski definition) is 1. The van der Waals surface area contributed by atoms with Gasteiger partial charge in [-0.25, -0.2) is 0 Å². The van der Waals surface area contributed by atoms with Crippen molar-refractivity contribution in [2.24, 2.45) is 0 Å². The van der Waals surface area contributed by atoms with Crippen molar-refractivity contribution in [2.75, 3.05) is 0 Å². The fraction of sp³-hybridized carbons (Fsp3) is 0.556. The summed E-state index contributed by atoms with van der Waals surface area (Å²) < 4.78 is 0. The number of rotatable bonds is 2. The maximum absolute atomic E-state index is 3.80. The lowest BCUT2D eigenvalue weighted by Crippen LogP contribution is -2.11. The van der Waals surface area contributed by atoms with E-state index < -0.39 is 0 Å². The molecule has 0 radical (unpaired) electrons. The molecule has 0 saturated heterocycles. The van der Waals surface area contributed by atoms with E-state index >= 15 is 0 Å². The second-order valence-corrected chi connectivity index (χ2v) is 2.88. The van der Waals surface area contributed by atoms with Gasteiger partial charge in [0.2, 0.25) is 0 Å². The third-order valence-electron chi connectivity index (χ3n) is 1.66. The van der Waals surface area contributed by atoms with Crippen LogP contribution in [0.25, 0.3) is 0 Å². The Balaban J connectivity index is 2.38. The van der Waals surface area contributed by atoms with Gasteiger partial charge < -0.3 is 5.32 Å². The van der Waals surface area contributed by atoms with E-state index in [0.717, 1.165) is 5.70 Å². The molecule has 0 aromatic carbocycles. The quantitative estimate of drug-likeness (QED) is 0.616. The average molecular weight is 137 g/mol. The first-order chi connectivity index (χ1) is 4.79. The molecule has 1 aliphatic rings. The molecule has 1 nitrogen and oxygen atoms in total. The third-order valence-corrected chi connectivity index (χ3v) is 1.66. The molecular weight excluding hydrogens is 122 g/mol. The molecule has 0 saturated carbocycles. The van der Waals surface area contributed by atoms with Crippen LogP contribution in [0.3, 0.4) is 0 Å². The molecule has 1 rings (SSSR count). The van der Waals surface area contributed by atoms with Crippen molar-refractivity contribution in [3.05, 3.63) is 24.0 Å². The van der Waals surface area contributed by atoms with E-state index in [1.54, 1.807) is 0 Å². The minimum absolute atomic E-state index is 1.05. The summed E-state index contributed by atoms with van der Waals surface area (Å²) >= 11 is 0. The molecule has 0 aromatic heterocycles. The van der Waals surface area contributed by atoms with Gasteiger partial charge in [0.05, 0.1) is 0 Å². The van der Waals surface area contributed by atoms with E-state index in [2.05, 4.69) is 18.0 Å². The maximum Gasteiger partial charge on any atom is 0.0108 e. The van der Waals surface area contributed by atoms with E-state index in [-0.39, 0.29) is 0 Å². The Morgan fingerprint density at radius 2 is 2.40 bits per heavy atom. The van der Waals surface area contributed by atoms with Crippen LogP contribution in [0.5, 0.6) is 0 Å². The maximum atomic E-state index is 3.80. The van der Waals surface area contributed by atoms with Crippen LogP contribution in [-0.4, -0.2) is 0 Å². The largest absolute Gasteiger partial charge is 0.363 e. The van der Waals surface area contributed by atoms with Crippen LogP contribution in [0.2, 0.25) is 0 Å². The Kier molecular flexibility index (Phi) is 2.55. The Morgan fingerprint density at radius 1 is 1.60 bits per heavy atom. The summed E-state index contributed by atoms with van der Waals surface area (Å²) in [5.41, 5.74) is 2.41. The molecule has 0 amide bonds. The number of nitrogens with one attached hydrogen (secondary N) is 1. The Labute approximate surface area is 62.8 Å². The molecule has 0 atom stereocenters. The highest BCUT2D eigenvalue weighted by molar-refractivity contribution is 5.08. The Morgan fingerprint density at radius 3 is 2.90 bits per heavy atom. The fourth-order valence-electron chi connectivity index (χ4n) is 1.23. The normalized spacial score (nSPS) is 17.9. The van der Waals surface area contributed by atoms with Crippen molar-refractivity contribution >= 4 is 0 Å². The lowest BCUT2D eigenvalue weighted by Gasteiger charge is -2.14. The Hall–Kier alpha value is -0.720. The highest BCUT2D eigenvalue weighted by Gasteiger charge is 2.01. The highest BCUT2D eigenvalue weighted by atomic mass is 14.9. The van der Waals surface area contributed by atoms with Crippen molar-refractivity contribution in [2.45, 2.75) is 32.6 Å². The van der Waals surface area contributed by atoms with E-state index in [4.69, 9.17) is 0 Å². The van der Waals surface area contributed by atoms with Gasteiger partial charge in [-0.05, 0) is 32.6 Å². The van der Waals surface area contributed by atoms with Gasteiger partial charge in [0, 0.05) is 11.4 Å². The zero-order valence-corrected chi connectivity index (χ0v) is 6.61. The summed E-state index contributed by atoms with van der Waals surface area (Å²) in [4.78, 5) is 0. The molecule has 0 fully saturated rings. The van der Waals surface area contributed by atoms with E-state index in [0.29, 0.717) is 0 Å². The van der Waals surface area contributed by atoms with Crippen LogP contribution in [0, 0.1) is 0 Å². The summed E-state index contributed by atoms with van der Waals surface area (Å²) in [7, 11) is 0. The zero-order chi connectivity index (χ0) is 7.40. The summed E-state index contributed by atoms with van der Waals surface area (Å²) in [6.07, 6.45) is 7.38. The van der Waals surface area contributed by atoms with Crippen molar-refractivity contribution in [1.29, 1.82) is 0 Å². The van der Waals surface area contributed by atoms with Gasteiger partial charge in [-0.2, -0.15) is 0 Å². The molecule has 10 heavy (non-hydrogen) atoms. The van der Waals surface area contributed by atoms with Gasteiger partial charge in [-0.1, -0.05) is 12.7 Å². The molecule has 0 aromatic rings. The summed E-state index contributed by atoms with van der Waals surface area (Å²) in [5.74, 6) is 0. The SMILES string of the molecule is C=C(C)NC1=CCCCC1. The molecule has 0 bridgehead atoms. The van der Waals surface area contributed by atoms with Gasteiger partial charge >= 0.3 is 0 Å². The monoisotopic (exact) mass is 137 g/mol. The summed E-state index contributed by atoms with van der Waals surface area (Å²) in [6, 6.07) is 0. The molecule has 1 heteroatoms. The standard InChI is InChI=1S/C9H15N/c1-8(2)10-9-6-4-3-5-7-9/h6,10H,1,3-5,7H2,2H3. The van der Waals surface area contributed by atoms with Crippen LogP contribution >= 0.6 is 0 Å². The predicted octanol–water partition coefficient (Wildman–Crippen LogP) is 2.57. The lowest BCUT2D eigenvalue weighted by atomic mass is 10.0. The van der Waals surface area contributed by atoms with Crippen LogP contribution < -0.4 is 5.32 Å². The van der Waals surface area contributed by atoms with Crippen molar-refractivity contribution in [1.82, 2.24) is 5.32 Å². The molecule has 0 heterocycles. The zero-order valence-electron chi connectivity index (χ0n) is 6.61. The smallest absolute Gasteiger partial charge is 0.0108 e. The first-order valence-corrected chi connectivity index (χ1v) is 3.90. The first-order valence-electron chi connectivity index (χ1n) is 3.90. The van der Waals surface area contributed by atoms with Gasteiger partial charge in [-0.3, -0.25) is 0 Å². The molecule has 56 valence electrons. The topological polar surface area (TPSA) is 12.0 Å². The Bertz CT molecular complexity index is 156. The second kappa shape index (κ2) is 3.45. The van der Waals surface area contributed by atoms with E-state index in [1.807, 2.05) is 6.92 Å². The van der Waals surface area contributed by atoms with Gasteiger partial charge in [0.15, 0.2) is 0 Å². The minimum atomic E-state index is 1.05. The summed E-state index contributed by atoms with van der Waals surface area (Å²) in [5, 5.41) is 3.25. The lowest BCUT2D eigenvalue weighted by molar-refractivity contribution is 0.668. The van der Waals surface area contributed by atoms with Crippen LogP contribution in [0.4, 0.5) is 0 Å².